The summed E-state index contributed by atoms with van der Waals surface area (Å²) in [5.74, 6) is 1.08. The quantitative estimate of drug-likeness (QED) is 0.744. The topological polar surface area (TPSA) is 85.1 Å². The first-order valence-electron chi connectivity index (χ1n) is 8.56. The zero-order valence-electron chi connectivity index (χ0n) is 14.1. The molecular weight excluding hydrogens is 350 g/mol. The maximum atomic E-state index is 12.5. The van der Waals surface area contributed by atoms with Crippen LogP contribution in [0.1, 0.15) is 30.3 Å². The molecule has 0 aliphatic carbocycles. The van der Waals surface area contributed by atoms with Crippen LogP contribution >= 0.6 is 0 Å². The molecule has 134 valence electrons. The molecule has 1 N–H and O–H groups in total. The minimum absolute atomic E-state index is 0.0409. The van der Waals surface area contributed by atoms with Crippen LogP contribution in [0.15, 0.2) is 64.0 Å². The largest absolute Gasteiger partial charge is 0.337 e. The van der Waals surface area contributed by atoms with Crippen molar-refractivity contribution in [1.29, 1.82) is 0 Å². The lowest BCUT2D eigenvalue weighted by Gasteiger charge is -2.05. The fourth-order valence-corrected chi connectivity index (χ4v) is 4.44. The van der Waals surface area contributed by atoms with E-state index in [9.17, 15) is 8.42 Å². The molecule has 0 spiro atoms. The van der Waals surface area contributed by atoms with E-state index in [1.165, 1.54) is 0 Å². The van der Waals surface area contributed by atoms with Gasteiger partial charge >= 0.3 is 0 Å². The first-order valence-corrected chi connectivity index (χ1v) is 10.2. The summed E-state index contributed by atoms with van der Waals surface area (Å²) in [6.45, 7) is 0.965. The summed E-state index contributed by atoms with van der Waals surface area (Å²) in [4.78, 5) is 4.79. The number of benzene rings is 2. The normalized spacial score (nSPS) is 17.5. The molecule has 0 bridgehead atoms. The van der Waals surface area contributed by atoms with Gasteiger partial charge in [0.2, 0.25) is 11.7 Å². The third kappa shape index (κ3) is 3.54. The first kappa shape index (κ1) is 16.9. The van der Waals surface area contributed by atoms with Gasteiger partial charge in [-0.15, -0.1) is 0 Å². The van der Waals surface area contributed by atoms with Crippen LogP contribution in [0.5, 0.6) is 0 Å². The predicted octanol–water partition coefficient (Wildman–Crippen LogP) is 3.14. The molecule has 1 aliphatic rings. The van der Waals surface area contributed by atoms with E-state index in [1.807, 2.05) is 12.1 Å². The number of hydrogen-bond donors (Lipinski definition) is 1. The maximum absolute atomic E-state index is 12.5. The highest BCUT2D eigenvalue weighted by Crippen LogP contribution is 2.25. The highest BCUT2D eigenvalue weighted by Gasteiger charge is 2.22. The van der Waals surface area contributed by atoms with E-state index in [1.54, 1.807) is 42.5 Å². The van der Waals surface area contributed by atoms with Gasteiger partial charge in [-0.3, -0.25) is 0 Å². The average Bonchev–Trinajstić information content (AvgIpc) is 3.34. The van der Waals surface area contributed by atoms with Crippen LogP contribution in [0, 0.1) is 0 Å². The van der Waals surface area contributed by atoms with Gasteiger partial charge in [-0.25, -0.2) is 8.42 Å². The van der Waals surface area contributed by atoms with Gasteiger partial charge in [0.15, 0.2) is 9.84 Å². The molecule has 1 fully saturated rings. The van der Waals surface area contributed by atoms with Gasteiger partial charge in [0.05, 0.1) is 16.7 Å². The Morgan fingerprint density at radius 1 is 1.08 bits per heavy atom. The number of sulfone groups is 1. The van der Waals surface area contributed by atoms with Gasteiger partial charge in [0.25, 0.3) is 0 Å². The Morgan fingerprint density at radius 2 is 1.85 bits per heavy atom. The molecule has 2 aromatic carbocycles. The second-order valence-corrected chi connectivity index (χ2v) is 8.36. The van der Waals surface area contributed by atoms with E-state index >= 15 is 0 Å². The lowest BCUT2D eigenvalue weighted by molar-refractivity contribution is 0.345. The lowest BCUT2D eigenvalue weighted by Crippen LogP contribution is -2.12. The summed E-state index contributed by atoms with van der Waals surface area (Å²) in [7, 11) is -3.36. The standard InChI is InChI=1S/C19H19N3O3S/c23-26(24,16-5-2-1-3-6-16)13-14-8-10-15(11-9-14)18-21-19(25-22-18)17-7-4-12-20-17/h1-3,5-6,8-11,17,20H,4,7,12-13H2. The Labute approximate surface area is 152 Å². The summed E-state index contributed by atoms with van der Waals surface area (Å²) < 4.78 is 30.3. The Bertz CT molecular complexity index is 976. The molecule has 6 nitrogen and oxygen atoms in total. The number of nitrogens with zero attached hydrogens (tertiary/aromatic N) is 2. The van der Waals surface area contributed by atoms with Crippen molar-refractivity contribution >= 4 is 9.84 Å². The molecule has 1 aliphatic heterocycles. The second-order valence-electron chi connectivity index (χ2n) is 6.37. The highest BCUT2D eigenvalue weighted by molar-refractivity contribution is 7.90. The summed E-state index contributed by atoms with van der Waals surface area (Å²) in [6, 6.07) is 15.8. The van der Waals surface area contributed by atoms with Crippen molar-refractivity contribution in [3.8, 4) is 11.4 Å². The van der Waals surface area contributed by atoms with Crippen molar-refractivity contribution in [3.05, 3.63) is 66.1 Å². The van der Waals surface area contributed by atoms with E-state index in [0.717, 1.165) is 30.5 Å². The fraction of sp³-hybridized carbons (Fsp3) is 0.263. The van der Waals surface area contributed by atoms with E-state index < -0.39 is 9.84 Å². The van der Waals surface area contributed by atoms with Gasteiger partial charge < -0.3 is 9.84 Å². The smallest absolute Gasteiger partial charge is 0.244 e. The zero-order valence-corrected chi connectivity index (χ0v) is 14.9. The van der Waals surface area contributed by atoms with Crippen LogP contribution in [0.3, 0.4) is 0 Å². The molecule has 7 heteroatoms. The third-order valence-corrected chi connectivity index (χ3v) is 6.18. The fourth-order valence-electron chi connectivity index (χ4n) is 3.07. The monoisotopic (exact) mass is 369 g/mol. The molecule has 2 heterocycles. The van der Waals surface area contributed by atoms with Gasteiger partial charge in [-0.2, -0.15) is 4.98 Å². The molecule has 1 saturated heterocycles. The second kappa shape index (κ2) is 7.01. The van der Waals surface area contributed by atoms with Crippen LogP contribution in [0.2, 0.25) is 0 Å². The lowest BCUT2D eigenvalue weighted by atomic mass is 10.1. The maximum Gasteiger partial charge on any atom is 0.244 e. The number of rotatable bonds is 5. The Balaban J connectivity index is 1.50. The van der Waals surface area contributed by atoms with E-state index in [0.29, 0.717) is 16.6 Å². The van der Waals surface area contributed by atoms with Crippen molar-refractivity contribution in [2.45, 2.75) is 29.5 Å². The Kier molecular flexibility index (Phi) is 4.57. The van der Waals surface area contributed by atoms with Gasteiger partial charge in [0, 0.05) is 5.56 Å². The molecule has 1 unspecified atom stereocenters. The van der Waals surface area contributed by atoms with Crippen LogP contribution in [0.4, 0.5) is 0 Å². The van der Waals surface area contributed by atoms with Crippen molar-refractivity contribution in [3.63, 3.8) is 0 Å². The van der Waals surface area contributed by atoms with Gasteiger partial charge in [0.1, 0.15) is 0 Å². The summed E-state index contributed by atoms with van der Waals surface area (Å²) in [6.07, 6.45) is 2.10. The van der Waals surface area contributed by atoms with E-state index in [2.05, 4.69) is 15.5 Å². The number of hydrogen-bond acceptors (Lipinski definition) is 6. The van der Waals surface area contributed by atoms with Crippen molar-refractivity contribution < 1.29 is 12.9 Å². The minimum Gasteiger partial charge on any atom is -0.337 e. The molecule has 3 aromatic rings. The molecule has 0 amide bonds. The number of nitrogens with one attached hydrogen (secondary N) is 1. The molecule has 1 atom stereocenters. The SMILES string of the molecule is O=S(=O)(Cc1ccc(-c2noc(C3CCCN3)n2)cc1)c1ccccc1. The van der Waals surface area contributed by atoms with E-state index in [-0.39, 0.29) is 11.8 Å². The van der Waals surface area contributed by atoms with Crippen molar-refractivity contribution in [2.75, 3.05) is 6.54 Å². The molecule has 4 rings (SSSR count). The molecule has 0 saturated carbocycles. The van der Waals surface area contributed by atoms with E-state index in [4.69, 9.17) is 4.52 Å². The van der Waals surface area contributed by atoms with Crippen LogP contribution in [-0.4, -0.2) is 25.1 Å². The van der Waals surface area contributed by atoms with Crippen LogP contribution in [0.25, 0.3) is 11.4 Å². The Morgan fingerprint density at radius 3 is 2.54 bits per heavy atom. The zero-order chi connectivity index (χ0) is 18.0. The van der Waals surface area contributed by atoms with Crippen LogP contribution < -0.4 is 5.32 Å². The predicted molar refractivity (Wildman–Crippen MR) is 97.0 cm³/mol. The minimum atomic E-state index is -3.36. The highest BCUT2D eigenvalue weighted by atomic mass is 32.2. The molecule has 1 aromatic heterocycles. The molecular formula is C19H19N3O3S. The Hall–Kier alpha value is -2.51. The summed E-state index contributed by atoms with van der Waals surface area (Å²) in [5, 5.41) is 7.36. The summed E-state index contributed by atoms with van der Waals surface area (Å²) >= 11 is 0. The summed E-state index contributed by atoms with van der Waals surface area (Å²) in [5.41, 5.74) is 1.53. The molecule has 26 heavy (non-hydrogen) atoms. The van der Waals surface area contributed by atoms with Gasteiger partial charge in [-0.05, 0) is 37.1 Å². The molecule has 0 radical (unpaired) electrons. The van der Waals surface area contributed by atoms with Gasteiger partial charge in [-0.1, -0.05) is 47.6 Å². The average molecular weight is 369 g/mol. The number of aromatic nitrogens is 2. The first-order chi connectivity index (χ1) is 12.6. The third-order valence-electron chi connectivity index (χ3n) is 4.47. The van der Waals surface area contributed by atoms with Crippen LogP contribution in [-0.2, 0) is 15.6 Å². The van der Waals surface area contributed by atoms with Crippen molar-refractivity contribution in [1.82, 2.24) is 15.5 Å². The van der Waals surface area contributed by atoms with Crippen molar-refractivity contribution in [2.24, 2.45) is 0 Å².